The van der Waals surface area contributed by atoms with Gasteiger partial charge in [0.25, 0.3) is 0 Å². The Morgan fingerprint density at radius 1 is 1.75 bits per heavy atom. The van der Waals surface area contributed by atoms with Gasteiger partial charge in [-0.3, -0.25) is 0 Å². The average Bonchev–Trinajstić information content (AvgIpc) is 2.17. The molecule has 8 heavy (non-hydrogen) atoms. The van der Waals surface area contributed by atoms with Crippen LogP contribution in [0.25, 0.3) is 0 Å². The van der Waals surface area contributed by atoms with Crippen LogP contribution in [0.4, 0.5) is 0 Å². The molecule has 0 radical (unpaired) electrons. The highest BCUT2D eigenvalue weighted by molar-refractivity contribution is 7.16. The molecule has 0 saturated carbocycles. The summed E-state index contributed by atoms with van der Waals surface area (Å²) in [6.07, 6.45) is 3.88. The minimum Gasteiger partial charge on any atom is -0.311 e. The molecule has 0 aliphatic carbocycles. The van der Waals surface area contributed by atoms with E-state index in [4.69, 9.17) is 0 Å². The average molecular weight is 131 g/mol. The molecule has 0 amide bonds. The van der Waals surface area contributed by atoms with E-state index >= 15 is 0 Å². The molecule has 1 N–H and O–H groups in total. The highest BCUT2D eigenvalue weighted by Gasteiger charge is 2.24. The van der Waals surface area contributed by atoms with Crippen molar-refractivity contribution in [2.75, 3.05) is 12.7 Å². The number of nitrogens with one attached hydrogen (secondary N) is 1. The predicted molar refractivity (Wildman–Crippen MR) is 40.2 cm³/mol. The molecule has 2 heteroatoms. The minimum absolute atomic E-state index is 0.449. The Balaban J connectivity index is 2.40. The van der Waals surface area contributed by atoms with Crippen LogP contribution in [0.15, 0.2) is 0 Å². The summed E-state index contributed by atoms with van der Waals surface area (Å²) in [6, 6.07) is 0. The normalized spacial score (nSPS) is 38.2. The Hall–Kier alpha value is 0.390. The van der Waals surface area contributed by atoms with Gasteiger partial charge in [-0.2, -0.15) is 0 Å². The maximum atomic E-state index is 3.46. The second-order valence-electron chi connectivity index (χ2n) is 2.80. The molecule has 0 aromatic heterocycles. The molecule has 1 aliphatic rings. The van der Waals surface area contributed by atoms with Crippen molar-refractivity contribution in [3.05, 3.63) is 0 Å². The second-order valence-corrected chi connectivity index (χ2v) is 3.20. The van der Waals surface area contributed by atoms with Crippen molar-refractivity contribution in [3.8, 4) is 0 Å². The first kappa shape index (κ1) is 6.51. The third-order valence-corrected chi connectivity index (χ3v) is 2.81. The lowest BCUT2D eigenvalue weighted by Gasteiger charge is -2.20. The zero-order valence-electron chi connectivity index (χ0n) is 5.41. The van der Waals surface area contributed by atoms with Gasteiger partial charge in [0.2, 0.25) is 0 Å². The van der Waals surface area contributed by atoms with Gasteiger partial charge >= 0.3 is 0 Å². The van der Waals surface area contributed by atoms with E-state index in [0.29, 0.717) is 5.54 Å². The smallest absolute Gasteiger partial charge is 0.0188 e. The SMILES string of the molecule is CC1(CP)CCCN1. The second kappa shape index (κ2) is 2.33. The lowest BCUT2D eigenvalue weighted by molar-refractivity contribution is 0.469. The fourth-order valence-electron chi connectivity index (χ4n) is 1.13. The highest BCUT2D eigenvalue weighted by atomic mass is 31.0. The van der Waals surface area contributed by atoms with Crippen LogP contribution >= 0.6 is 9.24 Å². The summed E-state index contributed by atoms with van der Waals surface area (Å²) in [5, 5.41) is 3.46. The lowest BCUT2D eigenvalue weighted by atomic mass is 10.0. The van der Waals surface area contributed by atoms with E-state index in [1.165, 1.54) is 25.5 Å². The molecule has 2 unspecified atom stereocenters. The maximum absolute atomic E-state index is 3.46. The largest absolute Gasteiger partial charge is 0.311 e. The summed E-state index contributed by atoms with van der Waals surface area (Å²) in [5.41, 5.74) is 0.449. The molecule has 0 aromatic rings. The first-order valence-corrected chi connectivity index (χ1v) is 4.04. The summed E-state index contributed by atoms with van der Waals surface area (Å²) in [4.78, 5) is 0. The fraction of sp³-hybridized carbons (Fsp3) is 1.00. The van der Waals surface area contributed by atoms with Gasteiger partial charge in [-0.25, -0.2) is 0 Å². The quantitative estimate of drug-likeness (QED) is 0.523. The summed E-state index contributed by atoms with van der Waals surface area (Å²) >= 11 is 0. The molecule has 1 nitrogen and oxygen atoms in total. The Labute approximate surface area is 53.4 Å². The number of hydrogen-bond acceptors (Lipinski definition) is 1. The van der Waals surface area contributed by atoms with Crippen LogP contribution in [-0.4, -0.2) is 18.2 Å². The van der Waals surface area contributed by atoms with Gasteiger partial charge in [-0.05, 0) is 32.5 Å². The molecule has 0 spiro atoms. The first-order valence-electron chi connectivity index (χ1n) is 3.22. The Morgan fingerprint density at radius 3 is 2.75 bits per heavy atom. The molecule has 1 saturated heterocycles. The van der Waals surface area contributed by atoms with E-state index in [1.807, 2.05) is 0 Å². The Bertz CT molecular complexity index is 76.6. The first-order chi connectivity index (χ1) is 3.77. The van der Waals surface area contributed by atoms with Gasteiger partial charge in [0, 0.05) is 5.54 Å². The minimum atomic E-state index is 0.449. The maximum Gasteiger partial charge on any atom is 0.0188 e. The van der Waals surface area contributed by atoms with Gasteiger partial charge in [0.15, 0.2) is 0 Å². The Morgan fingerprint density at radius 2 is 2.50 bits per heavy atom. The molecule has 1 rings (SSSR count). The highest BCUT2D eigenvalue weighted by Crippen LogP contribution is 2.19. The van der Waals surface area contributed by atoms with Crippen LogP contribution < -0.4 is 5.32 Å². The molecule has 0 aromatic carbocycles. The number of hydrogen-bond donors (Lipinski definition) is 1. The van der Waals surface area contributed by atoms with Crippen LogP contribution in [0, 0.1) is 0 Å². The van der Waals surface area contributed by atoms with Crippen LogP contribution in [0.2, 0.25) is 0 Å². The van der Waals surface area contributed by atoms with Gasteiger partial charge < -0.3 is 5.32 Å². The molecule has 1 heterocycles. The van der Waals surface area contributed by atoms with Crippen LogP contribution in [-0.2, 0) is 0 Å². The van der Waals surface area contributed by atoms with E-state index in [1.54, 1.807) is 0 Å². The van der Waals surface area contributed by atoms with Crippen LogP contribution in [0.3, 0.4) is 0 Å². The third-order valence-electron chi connectivity index (χ3n) is 1.91. The lowest BCUT2D eigenvalue weighted by Crippen LogP contribution is -2.37. The van der Waals surface area contributed by atoms with Crippen molar-refractivity contribution in [2.45, 2.75) is 25.3 Å². The Kier molecular flexibility index (Phi) is 1.89. The molecular formula is C6H14NP. The van der Waals surface area contributed by atoms with Crippen LogP contribution in [0.5, 0.6) is 0 Å². The van der Waals surface area contributed by atoms with Crippen molar-refractivity contribution in [2.24, 2.45) is 0 Å². The van der Waals surface area contributed by atoms with E-state index in [2.05, 4.69) is 21.5 Å². The van der Waals surface area contributed by atoms with Crippen LogP contribution in [0.1, 0.15) is 19.8 Å². The molecular weight excluding hydrogens is 117 g/mol. The fourth-order valence-corrected chi connectivity index (χ4v) is 1.48. The van der Waals surface area contributed by atoms with Gasteiger partial charge in [-0.1, -0.05) is 0 Å². The standard InChI is InChI=1S/C6H14NP/c1-6(5-8)3-2-4-7-6/h7H,2-5,8H2,1H3. The van der Waals surface area contributed by atoms with E-state index in [0.717, 1.165) is 0 Å². The summed E-state index contributed by atoms with van der Waals surface area (Å²) in [5.74, 6) is 0. The number of rotatable bonds is 1. The van der Waals surface area contributed by atoms with Crippen molar-refractivity contribution in [1.82, 2.24) is 5.32 Å². The van der Waals surface area contributed by atoms with Gasteiger partial charge in [0.05, 0.1) is 0 Å². The molecule has 1 fully saturated rings. The monoisotopic (exact) mass is 131 g/mol. The zero-order valence-corrected chi connectivity index (χ0v) is 6.56. The molecule has 48 valence electrons. The third kappa shape index (κ3) is 1.21. The van der Waals surface area contributed by atoms with E-state index in [-0.39, 0.29) is 0 Å². The van der Waals surface area contributed by atoms with Crippen molar-refractivity contribution in [3.63, 3.8) is 0 Å². The predicted octanol–water partition coefficient (Wildman–Crippen LogP) is 1.00. The van der Waals surface area contributed by atoms with Crippen molar-refractivity contribution < 1.29 is 0 Å². The van der Waals surface area contributed by atoms with E-state index in [9.17, 15) is 0 Å². The summed E-state index contributed by atoms with van der Waals surface area (Å²) in [6.45, 7) is 3.50. The molecule has 1 aliphatic heterocycles. The topological polar surface area (TPSA) is 12.0 Å². The van der Waals surface area contributed by atoms with Crippen molar-refractivity contribution >= 4 is 9.24 Å². The summed E-state index contributed by atoms with van der Waals surface area (Å²) < 4.78 is 0. The van der Waals surface area contributed by atoms with Gasteiger partial charge in [0.1, 0.15) is 0 Å². The van der Waals surface area contributed by atoms with Gasteiger partial charge in [-0.15, -0.1) is 9.24 Å². The molecule has 0 bridgehead atoms. The molecule has 2 atom stereocenters. The van der Waals surface area contributed by atoms with E-state index < -0.39 is 0 Å². The van der Waals surface area contributed by atoms with Crippen molar-refractivity contribution in [1.29, 1.82) is 0 Å². The summed E-state index contributed by atoms with van der Waals surface area (Å²) in [7, 11) is 2.79. The zero-order chi connectivity index (χ0) is 6.04.